The number of carbonyl (C=O) groups is 1. The van der Waals surface area contributed by atoms with Crippen LogP contribution in [-0.4, -0.2) is 37.6 Å². The van der Waals surface area contributed by atoms with Crippen molar-refractivity contribution in [1.29, 1.82) is 0 Å². The summed E-state index contributed by atoms with van der Waals surface area (Å²) in [5.41, 5.74) is 2.85. The van der Waals surface area contributed by atoms with Gasteiger partial charge >= 0.3 is 5.97 Å². The largest absolute Gasteiger partial charge is 0.493 e. The van der Waals surface area contributed by atoms with E-state index < -0.39 is 12.0 Å². The first-order chi connectivity index (χ1) is 19.9. The quantitative estimate of drug-likeness (QED) is 0.187. The second-order valence-corrected chi connectivity index (χ2v) is 11.7. The van der Waals surface area contributed by atoms with E-state index in [1.165, 1.54) is 11.3 Å². The number of halogens is 1. The van der Waals surface area contributed by atoms with Crippen LogP contribution in [0.4, 0.5) is 0 Å². The van der Waals surface area contributed by atoms with Gasteiger partial charge in [0.25, 0.3) is 5.56 Å². The number of carbonyl (C=O) groups excluding carboxylic acids is 1. The van der Waals surface area contributed by atoms with Crippen LogP contribution in [0.25, 0.3) is 11.8 Å². The molecule has 0 unspecified atom stereocenters. The zero-order valence-corrected chi connectivity index (χ0v) is 26.1. The number of ether oxygens (including phenoxy) is 3. The molecular formula is C31H27BrN2O5S2. The van der Waals surface area contributed by atoms with Gasteiger partial charge in [0.05, 0.1) is 47.1 Å². The molecule has 7 nitrogen and oxygen atoms in total. The predicted molar refractivity (Wildman–Crippen MR) is 167 cm³/mol. The minimum atomic E-state index is -0.726. The molecule has 3 aromatic carbocycles. The average molecular weight is 652 g/mol. The van der Waals surface area contributed by atoms with Gasteiger partial charge in [-0.05, 0) is 70.6 Å². The monoisotopic (exact) mass is 650 g/mol. The number of hydrogen-bond donors (Lipinski definition) is 0. The molecule has 0 amide bonds. The summed E-state index contributed by atoms with van der Waals surface area (Å²) in [4.78, 5) is 34.1. The lowest BCUT2D eigenvalue weighted by molar-refractivity contribution is -0.138. The van der Waals surface area contributed by atoms with Crippen molar-refractivity contribution in [1.82, 2.24) is 4.57 Å². The van der Waals surface area contributed by atoms with Crippen LogP contribution in [-0.2, 0) is 9.53 Å². The van der Waals surface area contributed by atoms with Crippen LogP contribution in [0.1, 0.15) is 29.7 Å². The summed E-state index contributed by atoms with van der Waals surface area (Å²) >= 11 is 6.42. The number of aromatic nitrogens is 1. The third-order valence-electron chi connectivity index (χ3n) is 6.56. The first kappa shape index (κ1) is 28.9. The summed E-state index contributed by atoms with van der Waals surface area (Å²) in [5.74, 6) is 0.585. The zero-order chi connectivity index (χ0) is 29.1. The number of hydrogen-bond acceptors (Lipinski definition) is 8. The standard InChI is InChI=1S/C31H27BrN2O5S2/c1-5-39-30(36)25-26(19-9-7-6-8-10-19)33-31-34(27(25)20-11-13-21(40-4)14-12-20)29(35)24(41-31)17-18-15-22(32)28(38-3)23(16-18)37-2/h6-17,27H,5H2,1-4H3/b24-17-/t27-/m0/s1. The van der Waals surface area contributed by atoms with Crippen LogP contribution in [0.15, 0.2) is 91.5 Å². The maximum atomic E-state index is 14.1. The predicted octanol–water partition coefficient (Wildman–Crippen LogP) is 5.44. The van der Waals surface area contributed by atoms with Gasteiger partial charge in [-0.15, -0.1) is 11.8 Å². The highest BCUT2D eigenvalue weighted by molar-refractivity contribution is 9.10. The fraction of sp³-hybridized carbons (Fsp3) is 0.194. The number of fused-ring (bicyclic) bond motifs is 1. The van der Waals surface area contributed by atoms with Crippen molar-refractivity contribution in [2.75, 3.05) is 27.1 Å². The first-order valence-electron chi connectivity index (χ1n) is 12.7. The molecule has 0 bridgehead atoms. The Labute approximate surface area is 253 Å². The van der Waals surface area contributed by atoms with E-state index in [4.69, 9.17) is 19.2 Å². The van der Waals surface area contributed by atoms with Crippen LogP contribution in [0.2, 0.25) is 0 Å². The maximum Gasteiger partial charge on any atom is 0.338 e. The zero-order valence-electron chi connectivity index (χ0n) is 22.8. The SMILES string of the molecule is CCOC(=O)C1=C(c2ccccc2)N=c2s/c(=C\c3cc(Br)c(OC)c(OC)c3)c(=O)n2[C@H]1c1ccc(SC)cc1. The molecule has 1 aromatic heterocycles. The highest BCUT2D eigenvalue weighted by Gasteiger charge is 2.35. The maximum absolute atomic E-state index is 14.1. The molecule has 2 heterocycles. The third-order valence-corrected chi connectivity index (χ3v) is 8.87. The summed E-state index contributed by atoms with van der Waals surface area (Å²) in [6.45, 7) is 1.96. The van der Waals surface area contributed by atoms with Crippen LogP contribution in [0, 0.1) is 0 Å². The Morgan fingerprint density at radius 2 is 1.83 bits per heavy atom. The summed E-state index contributed by atoms with van der Waals surface area (Å²) in [5, 5.41) is 0. The number of benzene rings is 3. The van der Waals surface area contributed by atoms with Crippen LogP contribution < -0.4 is 24.4 Å². The smallest absolute Gasteiger partial charge is 0.338 e. The molecule has 4 aromatic rings. The Hall–Kier alpha value is -3.60. The van der Waals surface area contributed by atoms with Crippen molar-refractivity contribution < 1.29 is 19.0 Å². The molecule has 0 saturated heterocycles. The summed E-state index contributed by atoms with van der Waals surface area (Å²) in [6.07, 6.45) is 3.79. The van der Waals surface area contributed by atoms with Gasteiger partial charge in [-0.3, -0.25) is 9.36 Å². The normalized spacial score (nSPS) is 14.9. The number of methoxy groups -OCH3 is 2. The molecule has 0 fully saturated rings. The lowest BCUT2D eigenvalue weighted by Gasteiger charge is -2.26. The molecule has 5 rings (SSSR count). The van der Waals surface area contributed by atoms with Crippen molar-refractivity contribution in [2.45, 2.75) is 17.9 Å². The second kappa shape index (κ2) is 12.5. The highest BCUT2D eigenvalue weighted by atomic mass is 79.9. The van der Waals surface area contributed by atoms with E-state index in [-0.39, 0.29) is 12.2 Å². The number of nitrogens with zero attached hydrogens (tertiary/aromatic N) is 2. The molecule has 0 N–H and O–H groups in total. The number of thioether (sulfide) groups is 1. The summed E-state index contributed by atoms with van der Waals surface area (Å²) in [6, 6.07) is 20.3. The second-order valence-electron chi connectivity index (χ2n) is 8.94. The van der Waals surface area contributed by atoms with E-state index in [0.29, 0.717) is 36.6 Å². The Balaban J connectivity index is 1.80. The molecular weight excluding hydrogens is 624 g/mol. The summed E-state index contributed by atoms with van der Waals surface area (Å²) < 4.78 is 19.2. The lowest BCUT2D eigenvalue weighted by Crippen LogP contribution is -2.40. The van der Waals surface area contributed by atoms with E-state index in [2.05, 4.69) is 15.9 Å². The molecule has 0 spiro atoms. The fourth-order valence-electron chi connectivity index (χ4n) is 4.71. The van der Waals surface area contributed by atoms with E-state index in [0.717, 1.165) is 21.6 Å². The number of rotatable bonds is 8. The van der Waals surface area contributed by atoms with Crippen molar-refractivity contribution in [3.05, 3.63) is 113 Å². The van der Waals surface area contributed by atoms with Gasteiger partial charge < -0.3 is 14.2 Å². The Morgan fingerprint density at radius 3 is 2.46 bits per heavy atom. The van der Waals surface area contributed by atoms with Gasteiger partial charge in [0.1, 0.15) is 0 Å². The average Bonchev–Trinajstić information content (AvgIpc) is 3.30. The Kier molecular flexibility index (Phi) is 8.82. The molecule has 1 aliphatic rings. The van der Waals surface area contributed by atoms with Crippen LogP contribution in [0.5, 0.6) is 11.5 Å². The van der Waals surface area contributed by atoms with Gasteiger partial charge in [0, 0.05) is 10.5 Å². The summed E-state index contributed by atoms with van der Waals surface area (Å²) in [7, 11) is 3.13. The van der Waals surface area contributed by atoms with E-state index in [9.17, 15) is 9.59 Å². The van der Waals surface area contributed by atoms with Crippen LogP contribution in [0.3, 0.4) is 0 Å². The molecule has 0 saturated carbocycles. The van der Waals surface area contributed by atoms with Gasteiger partial charge in [-0.25, -0.2) is 9.79 Å². The van der Waals surface area contributed by atoms with Gasteiger partial charge in [-0.1, -0.05) is 53.8 Å². The lowest BCUT2D eigenvalue weighted by atomic mass is 9.93. The fourth-order valence-corrected chi connectivity index (χ4v) is 6.75. The van der Waals surface area contributed by atoms with E-state index in [1.54, 1.807) is 49.6 Å². The van der Waals surface area contributed by atoms with E-state index in [1.807, 2.05) is 66.9 Å². The first-order valence-corrected chi connectivity index (χ1v) is 15.6. The topological polar surface area (TPSA) is 79.1 Å². The Bertz CT molecular complexity index is 1810. The third kappa shape index (κ3) is 5.64. The molecule has 0 radical (unpaired) electrons. The molecule has 1 aliphatic heterocycles. The van der Waals surface area contributed by atoms with Gasteiger partial charge in [0.2, 0.25) is 0 Å². The minimum absolute atomic E-state index is 0.196. The van der Waals surface area contributed by atoms with Gasteiger partial charge in [0.15, 0.2) is 16.3 Å². The molecule has 41 heavy (non-hydrogen) atoms. The molecule has 1 atom stereocenters. The van der Waals surface area contributed by atoms with Crippen molar-refractivity contribution >= 4 is 56.8 Å². The Morgan fingerprint density at radius 1 is 1.10 bits per heavy atom. The number of esters is 1. The number of thiazole rings is 1. The van der Waals surface area contributed by atoms with Crippen LogP contribution >= 0.6 is 39.0 Å². The highest BCUT2D eigenvalue weighted by Crippen LogP contribution is 2.37. The van der Waals surface area contributed by atoms with Gasteiger partial charge in [-0.2, -0.15) is 0 Å². The minimum Gasteiger partial charge on any atom is -0.493 e. The molecule has 210 valence electrons. The van der Waals surface area contributed by atoms with E-state index >= 15 is 0 Å². The molecule has 0 aliphatic carbocycles. The van der Waals surface area contributed by atoms with Crippen molar-refractivity contribution in [2.24, 2.45) is 4.99 Å². The van der Waals surface area contributed by atoms with Crippen molar-refractivity contribution in [3.8, 4) is 11.5 Å². The molecule has 10 heteroatoms. The van der Waals surface area contributed by atoms with Crippen molar-refractivity contribution in [3.63, 3.8) is 0 Å².